The first kappa shape index (κ1) is 16.8. The van der Waals surface area contributed by atoms with E-state index in [0.29, 0.717) is 6.04 Å². The van der Waals surface area contributed by atoms with Gasteiger partial charge in [0.2, 0.25) is 0 Å². The first-order valence-electron chi connectivity index (χ1n) is 7.76. The van der Waals surface area contributed by atoms with E-state index in [0.717, 1.165) is 27.9 Å². The minimum absolute atomic E-state index is 0.408. The van der Waals surface area contributed by atoms with E-state index in [-0.39, 0.29) is 0 Å². The molecule has 2 aromatic carbocycles. The maximum absolute atomic E-state index is 10.7. The van der Waals surface area contributed by atoms with Crippen molar-refractivity contribution in [2.45, 2.75) is 33.7 Å². The van der Waals surface area contributed by atoms with Crippen LogP contribution in [0.25, 0.3) is 17.2 Å². The molecule has 0 radical (unpaired) electrons. The molecular weight excluding hydrogens is 286 g/mol. The zero-order chi connectivity index (χ0) is 17.0. The number of carbonyl (C=O) groups is 1. The molecule has 120 valence electrons. The number of carboxylic acids is 1. The first-order valence-corrected chi connectivity index (χ1v) is 7.76. The van der Waals surface area contributed by atoms with Crippen molar-refractivity contribution in [2.75, 3.05) is 5.32 Å². The highest BCUT2D eigenvalue weighted by Crippen LogP contribution is 2.28. The summed E-state index contributed by atoms with van der Waals surface area (Å²) >= 11 is 0. The summed E-state index contributed by atoms with van der Waals surface area (Å²) in [5, 5.41) is 12.1. The Hall–Kier alpha value is -2.55. The molecule has 0 aliphatic rings. The van der Waals surface area contributed by atoms with Crippen LogP contribution in [0.1, 0.15) is 30.5 Å². The van der Waals surface area contributed by atoms with Gasteiger partial charge in [-0.05, 0) is 73.7 Å². The number of nitrogens with one attached hydrogen (secondary N) is 1. The molecule has 3 heteroatoms. The predicted octanol–water partition coefficient (Wildman–Crippen LogP) is 4.89. The molecule has 0 unspecified atom stereocenters. The summed E-state index contributed by atoms with van der Waals surface area (Å²) in [5.74, 6) is -0.931. The molecule has 0 bridgehead atoms. The fourth-order valence-electron chi connectivity index (χ4n) is 2.57. The van der Waals surface area contributed by atoms with Crippen LogP contribution in [0.5, 0.6) is 0 Å². The molecule has 0 spiro atoms. The number of anilines is 1. The Bertz CT molecular complexity index is 728. The average Bonchev–Trinajstić information content (AvgIpc) is 2.48. The third-order valence-corrected chi connectivity index (χ3v) is 3.67. The summed E-state index contributed by atoms with van der Waals surface area (Å²) in [4.78, 5) is 10.7. The van der Waals surface area contributed by atoms with E-state index in [1.54, 1.807) is 6.08 Å². The van der Waals surface area contributed by atoms with Gasteiger partial charge in [0.1, 0.15) is 0 Å². The Kier molecular flexibility index (Phi) is 5.22. The quantitative estimate of drug-likeness (QED) is 0.773. The fraction of sp³-hybridized carbons (Fsp3) is 0.250. The fourth-order valence-corrected chi connectivity index (χ4v) is 2.57. The molecule has 0 heterocycles. The van der Waals surface area contributed by atoms with Gasteiger partial charge in [0.25, 0.3) is 0 Å². The maximum atomic E-state index is 10.7. The molecule has 0 aliphatic carbocycles. The van der Waals surface area contributed by atoms with E-state index >= 15 is 0 Å². The lowest BCUT2D eigenvalue weighted by atomic mass is 9.94. The van der Waals surface area contributed by atoms with E-state index in [9.17, 15) is 4.79 Å². The van der Waals surface area contributed by atoms with Gasteiger partial charge in [-0.2, -0.15) is 0 Å². The Morgan fingerprint density at radius 1 is 1.09 bits per heavy atom. The van der Waals surface area contributed by atoms with E-state index < -0.39 is 5.97 Å². The summed E-state index contributed by atoms with van der Waals surface area (Å²) < 4.78 is 0. The highest BCUT2D eigenvalue weighted by Gasteiger charge is 2.06. The summed E-state index contributed by atoms with van der Waals surface area (Å²) in [7, 11) is 0. The Labute approximate surface area is 137 Å². The largest absolute Gasteiger partial charge is 0.478 e. The van der Waals surface area contributed by atoms with Crippen molar-refractivity contribution in [1.29, 1.82) is 0 Å². The second kappa shape index (κ2) is 7.14. The van der Waals surface area contributed by atoms with Crippen molar-refractivity contribution in [1.82, 2.24) is 0 Å². The molecule has 2 aromatic rings. The van der Waals surface area contributed by atoms with Crippen molar-refractivity contribution in [2.24, 2.45) is 0 Å². The van der Waals surface area contributed by atoms with Gasteiger partial charge in [-0.15, -0.1) is 0 Å². The SMILES string of the molecule is Cc1cc(-c2ccc(NC(C)C)cc2)c(C)cc1C=CC(=O)O. The van der Waals surface area contributed by atoms with Gasteiger partial charge in [-0.25, -0.2) is 4.79 Å². The molecule has 0 saturated carbocycles. The van der Waals surface area contributed by atoms with Crippen LogP contribution >= 0.6 is 0 Å². The van der Waals surface area contributed by atoms with Crippen LogP contribution in [0, 0.1) is 13.8 Å². The topological polar surface area (TPSA) is 49.3 Å². The molecule has 0 aromatic heterocycles. The van der Waals surface area contributed by atoms with E-state index in [1.165, 1.54) is 11.6 Å². The third kappa shape index (κ3) is 4.46. The standard InChI is InChI=1S/C20H23NO2/c1-13(2)21-18-8-5-16(6-9-18)19-12-14(3)17(11-15(19)4)7-10-20(22)23/h5-13,21H,1-4H3,(H,22,23). The van der Waals surface area contributed by atoms with Crippen molar-refractivity contribution in [3.63, 3.8) is 0 Å². The summed E-state index contributed by atoms with van der Waals surface area (Å²) in [6.45, 7) is 8.28. The molecule has 0 fully saturated rings. The Morgan fingerprint density at radius 2 is 1.74 bits per heavy atom. The highest BCUT2D eigenvalue weighted by atomic mass is 16.4. The van der Waals surface area contributed by atoms with Crippen molar-refractivity contribution >= 4 is 17.7 Å². The third-order valence-electron chi connectivity index (χ3n) is 3.67. The first-order chi connectivity index (χ1) is 10.9. The monoisotopic (exact) mass is 309 g/mol. The molecule has 0 saturated heterocycles. The minimum atomic E-state index is -0.931. The van der Waals surface area contributed by atoms with E-state index in [2.05, 4.69) is 49.5 Å². The van der Waals surface area contributed by atoms with Gasteiger partial charge < -0.3 is 10.4 Å². The zero-order valence-corrected chi connectivity index (χ0v) is 14.1. The summed E-state index contributed by atoms with van der Waals surface area (Å²) in [5.41, 5.74) is 6.57. The van der Waals surface area contributed by atoms with Crippen LogP contribution in [-0.2, 0) is 4.79 Å². The normalized spacial score (nSPS) is 11.2. The summed E-state index contributed by atoms with van der Waals surface area (Å²) in [6.07, 6.45) is 2.82. The van der Waals surface area contributed by atoms with Crippen molar-refractivity contribution in [3.8, 4) is 11.1 Å². The molecule has 3 nitrogen and oxygen atoms in total. The smallest absolute Gasteiger partial charge is 0.328 e. The molecular formula is C20H23NO2. The van der Waals surface area contributed by atoms with Crippen LogP contribution in [0.2, 0.25) is 0 Å². The van der Waals surface area contributed by atoms with Crippen LogP contribution in [-0.4, -0.2) is 17.1 Å². The second-order valence-electron chi connectivity index (χ2n) is 6.07. The van der Waals surface area contributed by atoms with Gasteiger partial charge in [0.15, 0.2) is 0 Å². The molecule has 0 aliphatic heterocycles. The molecule has 0 amide bonds. The van der Waals surface area contributed by atoms with Gasteiger partial charge in [-0.1, -0.05) is 24.3 Å². The van der Waals surface area contributed by atoms with Crippen molar-refractivity contribution in [3.05, 3.63) is 59.2 Å². The maximum Gasteiger partial charge on any atom is 0.328 e. The van der Waals surface area contributed by atoms with Crippen LogP contribution in [0.4, 0.5) is 5.69 Å². The van der Waals surface area contributed by atoms with Crippen LogP contribution in [0.3, 0.4) is 0 Å². The summed E-state index contributed by atoms with van der Waals surface area (Å²) in [6, 6.07) is 12.9. The number of aliphatic carboxylic acids is 1. The second-order valence-corrected chi connectivity index (χ2v) is 6.07. The Balaban J connectivity index is 2.33. The van der Waals surface area contributed by atoms with E-state index in [1.807, 2.05) is 19.9 Å². The van der Waals surface area contributed by atoms with Gasteiger partial charge in [0, 0.05) is 17.8 Å². The molecule has 0 atom stereocenters. The van der Waals surface area contributed by atoms with Gasteiger partial charge >= 0.3 is 5.97 Å². The van der Waals surface area contributed by atoms with Gasteiger partial charge in [-0.3, -0.25) is 0 Å². The van der Waals surface area contributed by atoms with Gasteiger partial charge in [0.05, 0.1) is 0 Å². The number of rotatable bonds is 5. The number of carboxylic acid groups (broad SMARTS) is 1. The van der Waals surface area contributed by atoms with Crippen molar-refractivity contribution < 1.29 is 9.90 Å². The van der Waals surface area contributed by atoms with Crippen LogP contribution < -0.4 is 5.32 Å². The number of hydrogen-bond acceptors (Lipinski definition) is 2. The van der Waals surface area contributed by atoms with E-state index in [4.69, 9.17) is 5.11 Å². The van der Waals surface area contributed by atoms with Crippen LogP contribution in [0.15, 0.2) is 42.5 Å². The molecule has 2 rings (SSSR count). The molecule has 2 N–H and O–H groups in total. The molecule has 23 heavy (non-hydrogen) atoms. The lowest BCUT2D eigenvalue weighted by molar-refractivity contribution is -0.131. The minimum Gasteiger partial charge on any atom is -0.478 e. The lowest BCUT2D eigenvalue weighted by Crippen LogP contribution is -2.09. The number of hydrogen-bond donors (Lipinski definition) is 2. The Morgan fingerprint density at radius 3 is 2.30 bits per heavy atom. The lowest BCUT2D eigenvalue weighted by Gasteiger charge is -2.13. The highest BCUT2D eigenvalue weighted by molar-refractivity contribution is 5.86. The number of benzene rings is 2. The number of aryl methyl sites for hydroxylation is 2. The average molecular weight is 309 g/mol. The zero-order valence-electron chi connectivity index (χ0n) is 14.1. The predicted molar refractivity (Wildman–Crippen MR) is 96.8 cm³/mol.